The average molecular weight is 187 g/mol. The van der Waals surface area contributed by atoms with Crippen molar-refractivity contribution in [1.29, 1.82) is 0 Å². The van der Waals surface area contributed by atoms with E-state index >= 15 is 0 Å². The SMILES string of the molecule is CCP(CC)CC(=O)NC1CC1. The largest absolute Gasteiger partial charge is 0.353 e. The maximum atomic E-state index is 11.3. The molecule has 70 valence electrons. The van der Waals surface area contributed by atoms with E-state index in [0.717, 1.165) is 6.16 Å². The molecule has 0 aromatic rings. The Morgan fingerprint density at radius 2 is 2.00 bits per heavy atom. The quantitative estimate of drug-likeness (QED) is 0.653. The molecule has 0 unspecified atom stereocenters. The Labute approximate surface area is 75.9 Å². The third-order valence-electron chi connectivity index (χ3n) is 2.20. The molecule has 1 fully saturated rings. The molecule has 0 heterocycles. The molecule has 0 spiro atoms. The molecule has 0 saturated heterocycles. The highest BCUT2D eigenvalue weighted by Crippen LogP contribution is 2.33. The number of carbonyl (C=O) groups is 1. The molecule has 1 amide bonds. The highest BCUT2D eigenvalue weighted by Gasteiger charge is 2.23. The zero-order valence-electron chi connectivity index (χ0n) is 7.97. The van der Waals surface area contributed by atoms with Gasteiger partial charge in [0, 0.05) is 12.2 Å². The first-order valence-electron chi connectivity index (χ1n) is 4.78. The predicted molar refractivity (Wildman–Crippen MR) is 54.0 cm³/mol. The molecule has 12 heavy (non-hydrogen) atoms. The number of nitrogens with one attached hydrogen (secondary N) is 1. The summed E-state index contributed by atoms with van der Waals surface area (Å²) in [7, 11) is -0.0105. The van der Waals surface area contributed by atoms with E-state index in [9.17, 15) is 4.79 Å². The van der Waals surface area contributed by atoms with Crippen molar-refractivity contribution in [2.75, 3.05) is 18.5 Å². The third kappa shape index (κ3) is 3.53. The first-order chi connectivity index (χ1) is 5.76. The van der Waals surface area contributed by atoms with Crippen molar-refractivity contribution in [3.05, 3.63) is 0 Å². The summed E-state index contributed by atoms with van der Waals surface area (Å²) in [4.78, 5) is 11.3. The fraction of sp³-hybridized carbons (Fsp3) is 0.889. The second-order valence-electron chi connectivity index (χ2n) is 3.30. The summed E-state index contributed by atoms with van der Waals surface area (Å²) in [6, 6.07) is 0.531. The molecule has 0 radical (unpaired) electrons. The molecule has 1 aliphatic rings. The summed E-state index contributed by atoms with van der Waals surface area (Å²) in [5, 5.41) is 3.03. The normalized spacial score (nSPS) is 16.6. The molecule has 3 heteroatoms. The molecule has 2 nitrogen and oxygen atoms in total. The van der Waals surface area contributed by atoms with E-state index in [0.29, 0.717) is 6.04 Å². The Morgan fingerprint density at radius 3 is 2.42 bits per heavy atom. The summed E-state index contributed by atoms with van der Waals surface area (Å²) in [6.45, 7) is 4.36. The summed E-state index contributed by atoms with van der Waals surface area (Å²) in [5.74, 6) is 0.285. The molecule has 0 aliphatic heterocycles. The van der Waals surface area contributed by atoms with Crippen LogP contribution in [-0.2, 0) is 4.79 Å². The van der Waals surface area contributed by atoms with Gasteiger partial charge in [0.15, 0.2) is 0 Å². The third-order valence-corrected chi connectivity index (χ3v) is 4.73. The average Bonchev–Trinajstić information content (AvgIpc) is 2.84. The molecular weight excluding hydrogens is 169 g/mol. The fourth-order valence-electron chi connectivity index (χ4n) is 1.15. The van der Waals surface area contributed by atoms with Crippen LogP contribution in [0.4, 0.5) is 0 Å². The second-order valence-corrected chi connectivity index (χ2v) is 6.23. The summed E-state index contributed by atoms with van der Waals surface area (Å²) in [6.07, 6.45) is 5.55. The number of hydrogen-bond donors (Lipinski definition) is 1. The van der Waals surface area contributed by atoms with Crippen molar-refractivity contribution in [1.82, 2.24) is 5.32 Å². The molecular formula is C9H18NOP. The van der Waals surface area contributed by atoms with Gasteiger partial charge < -0.3 is 5.32 Å². The van der Waals surface area contributed by atoms with Crippen molar-refractivity contribution in [2.45, 2.75) is 32.7 Å². The summed E-state index contributed by atoms with van der Waals surface area (Å²) in [5.41, 5.74) is 0. The van der Waals surface area contributed by atoms with Gasteiger partial charge in [-0.15, -0.1) is 0 Å². The monoisotopic (exact) mass is 187 g/mol. The van der Waals surface area contributed by atoms with E-state index in [1.54, 1.807) is 0 Å². The zero-order chi connectivity index (χ0) is 8.97. The van der Waals surface area contributed by atoms with E-state index in [1.807, 2.05) is 0 Å². The van der Waals surface area contributed by atoms with Crippen molar-refractivity contribution in [2.24, 2.45) is 0 Å². The molecule has 0 atom stereocenters. The van der Waals surface area contributed by atoms with Gasteiger partial charge in [-0.2, -0.15) is 0 Å². The lowest BCUT2D eigenvalue weighted by molar-refractivity contribution is -0.118. The number of rotatable bonds is 5. The first-order valence-corrected chi connectivity index (χ1v) is 6.67. The Morgan fingerprint density at radius 1 is 1.42 bits per heavy atom. The minimum Gasteiger partial charge on any atom is -0.353 e. The first kappa shape index (κ1) is 9.98. The van der Waals surface area contributed by atoms with E-state index in [2.05, 4.69) is 19.2 Å². The fourth-order valence-corrected chi connectivity index (χ4v) is 2.54. The van der Waals surface area contributed by atoms with Crippen LogP contribution in [0.25, 0.3) is 0 Å². The molecule has 1 rings (SSSR count). The topological polar surface area (TPSA) is 29.1 Å². The van der Waals surface area contributed by atoms with Crippen LogP contribution < -0.4 is 5.32 Å². The van der Waals surface area contributed by atoms with Crippen LogP contribution in [0.3, 0.4) is 0 Å². The summed E-state index contributed by atoms with van der Waals surface area (Å²) < 4.78 is 0. The highest BCUT2D eigenvalue weighted by atomic mass is 31.1. The molecule has 0 aromatic heterocycles. The molecule has 1 aliphatic carbocycles. The van der Waals surface area contributed by atoms with Crippen molar-refractivity contribution in [3.8, 4) is 0 Å². The number of hydrogen-bond acceptors (Lipinski definition) is 1. The van der Waals surface area contributed by atoms with Gasteiger partial charge in [-0.1, -0.05) is 21.8 Å². The van der Waals surface area contributed by atoms with E-state index in [-0.39, 0.29) is 13.8 Å². The lowest BCUT2D eigenvalue weighted by Crippen LogP contribution is -2.27. The Kier molecular flexibility index (Phi) is 4.00. The Hall–Kier alpha value is -0.100. The standard InChI is InChI=1S/C9H18NOP/c1-3-12(4-2)7-9(11)10-8-5-6-8/h8H,3-7H2,1-2H3,(H,10,11). The van der Waals surface area contributed by atoms with E-state index in [1.165, 1.54) is 25.2 Å². The number of amides is 1. The van der Waals surface area contributed by atoms with Crippen LogP contribution in [0, 0.1) is 0 Å². The minimum absolute atomic E-state index is 0.0105. The Bertz CT molecular complexity index is 153. The van der Waals surface area contributed by atoms with Crippen LogP contribution in [0.2, 0.25) is 0 Å². The van der Waals surface area contributed by atoms with Crippen LogP contribution >= 0.6 is 7.92 Å². The molecule has 0 bridgehead atoms. The lowest BCUT2D eigenvalue weighted by Gasteiger charge is -2.12. The van der Waals surface area contributed by atoms with E-state index < -0.39 is 0 Å². The van der Waals surface area contributed by atoms with Gasteiger partial charge in [0.05, 0.1) is 0 Å². The van der Waals surface area contributed by atoms with Gasteiger partial charge in [-0.25, -0.2) is 0 Å². The van der Waals surface area contributed by atoms with Crippen molar-refractivity contribution in [3.63, 3.8) is 0 Å². The highest BCUT2D eigenvalue weighted by molar-refractivity contribution is 7.58. The van der Waals surface area contributed by atoms with Crippen molar-refractivity contribution >= 4 is 13.8 Å². The maximum Gasteiger partial charge on any atom is 0.224 e. The molecule has 0 aromatic carbocycles. The predicted octanol–water partition coefficient (Wildman–Crippen LogP) is 1.79. The van der Waals surface area contributed by atoms with Gasteiger partial charge in [0.2, 0.25) is 5.91 Å². The van der Waals surface area contributed by atoms with Gasteiger partial charge in [-0.05, 0) is 25.2 Å². The zero-order valence-corrected chi connectivity index (χ0v) is 8.86. The van der Waals surface area contributed by atoms with Gasteiger partial charge in [-0.3, -0.25) is 4.79 Å². The van der Waals surface area contributed by atoms with Gasteiger partial charge in [0.25, 0.3) is 0 Å². The number of carbonyl (C=O) groups excluding carboxylic acids is 1. The van der Waals surface area contributed by atoms with Gasteiger partial charge in [0.1, 0.15) is 0 Å². The maximum absolute atomic E-state index is 11.3. The Balaban J connectivity index is 2.13. The van der Waals surface area contributed by atoms with Crippen LogP contribution in [0.1, 0.15) is 26.7 Å². The second kappa shape index (κ2) is 4.81. The smallest absolute Gasteiger partial charge is 0.224 e. The molecule has 1 N–H and O–H groups in total. The van der Waals surface area contributed by atoms with Crippen LogP contribution in [0.5, 0.6) is 0 Å². The van der Waals surface area contributed by atoms with Crippen LogP contribution in [0.15, 0.2) is 0 Å². The molecule has 1 saturated carbocycles. The van der Waals surface area contributed by atoms with Gasteiger partial charge >= 0.3 is 0 Å². The minimum atomic E-state index is -0.0105. The summed E-state index contributed by atoms with van der Waals surface area (Å²) >= 11 is 0. The van der Waals surface area contributed by atoms with E-state index in [4.69, 9.17) is 0 Å². The lowest BCUT2D eigenvalue weighted by atomic mass is 10.6. The van der Waals surface area contributed by atoms with Crippen molar-refractivity contribution < 1.29 is 4.79 Å². The van der Waals surface area contributed by atoms with Crippen LogP contribution in [-0.4, -0.2) is 30.4 Å².